The van der Waals surface area contributed by atoms with Crippen LogP contribution in [-0.4, -0.2) is 72.5 Å². The number of carbonyl (C=O) groups excluding carboxylic acids is 2. The quantitative estimate of drug-likeness (QED) is 0.716. The first-order valence-corrected chi connectivity index (χ1v) is 10.2. The lowest BCUT2D eigenvalue weighted by Crippen LogP contribution is -2.49. The molecule has 2 heterocycles. The molecule has 0 aliphatic carbocycles. The minimum absolute atomic E-state index is 0.229. The second-order valence-electron chi connectivity index (χ2n) is 8.39. The number of benzene rings is 1. The Hall–Kier alpha value is -3.20. The summed E-state index contributed by atoms with van der Waals surface area (Å²) < 4.78 is 10.3. The Kier molecular flexibility index (Phi) is 6.74. The molecule has 0 unspecified atom stereocenters. The van der Waals surface area contributed by atoms with Gasteiger partial charge in [-0.1, -0.05) is 18.2 Å². The van der Waals surface area contributed by atoms with Crippen LogP contribution in [0.15, 0.2) is 30.3 Å². The molecule has 0 bridgehead atoms. The van der Waals surface area contributed by atoms with Gasteiger partial charge in [0.25, 0.3) is 0 Å². The van der Waals surface area contributed by atoms with Gasteiger partial charge in [0.1, 0.15) is 5.60 Å². The van der Waals surface area contributed by atoms with Crippen LogP contribution in [0.5, 0.6) is 0 Å². The van der Waals surface area contributed by atoms with Crippen LogP contribution >= 0.6 is 0 Å². The molecule has 2 N–H and O–H groups in total. The number of ether oxygens (including phenoxy) is 2. The summed E-state index contributed by atoms with van der Waals surface area (Å²) in [6.45, 7) is 8.57. The fourth-order valence-electron chi connectivity index (χ4n) is 3.47. The summed E-state index contributed by atoms with van der Waals surface area (Å²) in [6, 6.07) is 8.93. The average Bonchev–Trinajstić information content (AvgIpc) is 2.73. The Morgan fingerprint density at radius 2 is 1.77 bits per heavy atom. The number of hydrogen-bond donors (Lipinski definition) is 1. The third kappa shape index (κ3) is 5.69. The van der Waals surface area contributed by atoms with Crippen molar-refractivity contribution >= 4 is 23.4 Å². The highest BCUT2D eigenvalue weighted by Crippen LogP contribution is 2.29. The molecule has 1 aliphatic rings. The number of anilines is 2. The van der Waals surface area contributed by atoms with Crippen LogP contribution in [0.2, 0.25) is 0 Å². The maximum absolute atomic E-state index is 12.1. The van der Waals surface area contributed by atoms with E-state index >= 15 is 0 Å². The smallest absolute Gasteiger partial charge is 0.338 e. The summed E-state index contributed by atoms with van der Waals surface area (Å²) in [5.41, 5.74) is 7.96. The molecule has 1 fully saturated rings. The Morgan fingerprint density at radius 1 is 1.10 bits per heavy atom. The highest BCUT2D eigenvalue weighted by Gasteiger charge is 2.24. The van der Waals surface area contributed by atoms with Gasteiger partial charge < -0.3 is 20.1 Å². The zero-order chi connectivity index (χ0) is 22.6. The first-order chi connectivity index (χ1) is 14.7. The van der Waals surface area contributed by atoms with E-state index in [0.717, 1.165) is 5.69 Å². The van der Waals surface area contributed by atoms with Gasteiger partial charge in [0.2, 0.25) is 0 Å². The first-order valence-electron chi connectivity index (χ1n) is 10.2. The summed E-state index contributed by atoms with van der Waals surface area (Å²) in [4.78, 5) is 28.4. The molecule has 1 aromatic carbocycles. The molecule has 166 valence electrons. The largest absolute Gasteiger partial charge is 0.465 e. The van der Waals surface area contributed by atoms with Crippen LogP contribution in [0.25, 0.3) is 11.3 Å². The number of carbonyl (C=O) groups is 2. The maximum Gasteiger partial charge on any atom is 0.338 e. The minimum atomic E-state index is -0.493. The zero-order valence-electron chi connectivity index (χ0n) is 18.4. The van der Waals surface area contributed by atoms with Gasteiger partial charge >= 0.3 is 11.9 Å². The number of nitrogen functional groups attached to an aromatic ring is 1. The standard InChI is InChI=1S/C22H29N5O4/c1-22(2,3)31-19(28)14-26-9-11-27(12-10-26)18-13-17(24-25-20(18)23)15-7-5-6-8-16(15)21(29)30-4/h5-8,13H,9-12,14H2,1-4H3,(H2,23,25). The number of esters is 2. The summed E-state index contributed by atoms with van der Waals surface area (Å²) in [7, 11) is 1.34. The molecule has 1 aliphatic heterocycles. The molecule has 9 nitrogen and oxygen atoms in total. The van der Waals surface area contributed by atoms with Crippen molar-refractivity contribution in [2.75, 3.05) is 50.5 Å². The first kappa shape index (κ1) is 22.5. The number of methoxy groups -OCH3 is 1. The minimum Gasteiger partial charge on any atom is -0.465 e. The summed E-state index contributed by atoms with van der Waals surface area (Å²) in [5.74, 6) is -0.348. The second kappa shape index (κ2) is 9.30. The molecule has 0 atom stereocenters. The molecular formula is C22H29N5O4. The van der Waals surface area contributed by atoms with E-state index in [1.165, 1.54) is 7.11 Å². The van der Waals surface area contributed by atoms with E-state index in [1.54, 1.807) is 18.2 Å². The van der Waals surface area contributed by atoms with Crippen LogP contribution in [0.1, 0.15) is 31.1 Å². The van der Waals surface area contributed by atoms with E-state index in [0.29, 0.717) is 48.8 Å². The Morgan fingerprint density at radius 3 is 2.42 bits per heavy atom. The van der Waals surface area contributed by atoms with E-state index in [-0.39, 0.29) is 12.5 Å². The number of hydrogen-bond acceptors (Lipinski definition) is 9. The summed E-state index contributed by atoms with van der Waals surface area (Å²) in [6.07, 6.45) is 0. The molecule has 3 rings (SSSR count). The van der Waals surface area contributed by atoms with E-state index < -0.39 is 11.6 Å². The second-order valence-corrected chi connectivity index (χ2v) is 8.39. The normalized spacial score (nSPS) is 14.9. The molecular weight excluding hydrogens is 398 g/mol. The van der Waals surface area contributed by atoms with Gasteiger partial charge in [0, 0.05) is 31.7 Å². The lowest BCUT2D eigenvalue weighted by Gasteiger charge is -2.36. The van der Waals surface area contributed by atoms with Gasteiger partial charge in [-0.15, -0.1) is 10.2 Å². The Bertz CT molecular complexity index is 949. The van der Waals surface area contributed by atoms with E-state index in [9.17, 15) is 9.59 Å². The molecule has 2 aromatic rings. The van der Waals surface area contributed by atoms with Crippen LogP contribution in [0.4, 0.5) is 11.5 Å². The number of aromatic nitrogens is 2. The fourth-order valence-corrected chi connectivity index (χ4v) is 3.47. The van der Waals surface area contributed by atoms with Crippen LogP contribution < -0.4 is 10.6 Å². The molecule has 0 saturated carbocycles. The molecule has 31 heavy (non-hydrogen) atoms. The lowest BCUT2D eigenvalue weighted by atomic mass is 10.0. The number of piperazine rings is 1. The van der Waals surface area contributed by atoms with Gasteiger partial charge in [-0.05, 0) is 32.9 Å². The van der Waals surface area contributed by atoms with Gasteiger partial charge in [-0.2, -0.15) is 0 Å². The molecule has 0 spiro atoms. The van der Waals surface area contributed by atoms with Crippen molar-refractivity contribution in [2.45, 2.75) is 26.4 Å². The number of nitrogens with zero attached hydrogens (tertiary/aromatic N) is 4. The van der Waals surface area contributed by atoms with E-state index in [4.69, 9.17) is 15.2 Å². The van der Waals surface area contributed by atoms with Crippen molar-refractivity contribution in [3.05, 3.63) is 35.9 Å². The average molecular weight is 428 g/mol. The van der Waals surface area contributed by atoms with Crippen molar-refractivity contribution in [3.63, 3.8) is 0 Å². The predicted molar refractivity (Wildman–Crippen MR) is 118 cm³/mol. The molecule has 0 amide bonds. The Balaban J connectivity index is 1.73. The SMILES string of the molecule is COC(=O)c1ccccc1-c1cc(N2CCN(CC(=O)OC(C)(C)C)CC2)c(N)nn1. The predicted octanol–water partition coefficient (Wildman–Crippen LogP) is 1.98. The molecule has 9 heteroatoms. The molecule has 1 aromatic heterocycles. The summed E-state index contributed by atoms with van der Waals surface area (Å²) >= 11 is 0. The van der Waals surface area contributed by atoms with Crippen molar-refractivity contribution < 1.29 is 19.1 Å². The lowest BCUT2D eigenvalue weighted by molar-refractivity contribution is -0.156. The van der Waals surface area contributed by atoms with Gasteiger partial charge in [0.15, 0.2) is 5.82 Å². The van der Waals surface area contributed by atoms with Gasteiger partial charge in [-0.3, -0.25) is 9.69 Å². The number of rotatable bonds is 5. The third-order valence-corrected chi connectivity index (χ3v) is 4.90. The molecule has 1 saturated heterocycles. The van der Waals surface area contributed by atoms with E-state index in [2.05, 4.69) is 20.0 Å². The van der Waals surface area contributed by atoms with Crippen LogP contribution in [0.3, 0.4) is 0 Å². The highest BCUT2D eigenvalue weighted by molar-refractivity contribution is 5.97. The van der Waals surface area contributed by atoms with E-state index in [1.807, 2.05) is 32.9 Å². The van der Waals surface area contributed by atoms with Crippen molar-refractivity contribution in [3.8, 4) is 11.3 Å². The van der Waals surface area contributed by atoms with Gasteiger partial charge in [0.05, 0.1) is 30.6 Å². The topological polar surface area (TPSA) is 111 Å². The third-order valence-electron chi connectivity index (χ3n) is 4.90. The monoisotopic (exact) mass is 427 g/mol. The zero-order valence-corrected chi connectivity index (χ0v) is 18.4. The number of nitrogens with two attached hydrogens (primary N) is 1. The van der Waals surface area contributed by atoms with Gasteiger partial charge in [-0.25, -0.2) is 4.79 Å². The van der Waals surface area contributed by atoms with Crippen LogP contribution in [0, 0.1) is 0 Å². The summed E-state index contributed by atoms with van der Waals surface area (Å²) in [5, 5.41) is 8.30. The molecule has 0 radical (unpaired) electrons. The van der Waals surface area contributed by atoms with Crippen molar-refractivity contribution in [2.24, 2.45) is 0 Å². The fraction of sp³-hybridized carbons (Fsp3) is 0.455. The Labute approximate surface area is 182 Å². The van der Waals surface area contributed by atoms with Crippen molar-refractivity contribution in [1.82, 2.24) is 15.1 Å². The maximum atomic E-state index is 12.1. The van der Waals surface area contributed by atoms with Crippen molar-refractivity contribution in [1.29, 1.82) is 0 Å². The highest BCUT2D eigenvalue weighted by atomic mass is 16.6. The van der Waals surface area contributed by atoms with Crippen LogP contribution in [-0.2, 0) is 14.3 Å².